The lowest BCUT2D eigenvalue weighted by Crippen LogP contribution is -2.53. The van der Waals surface area contributed by atoms with E-state index in [1.54, 1.807) is 6.33 Å². The van der Waals surface area contributed by atoms with Crippen molar-refractivity contribution < 1.29 is 4.74 Å². The normalized spacial score (nSPS) is 18.3. The Hall–Kier alpha value is -2.71. The summed E-state index contributed by atoms with van der Waals surface area (Å²) in [4.78, 5) is 14.7. The molecule has 2 aliphatic heterocycles. The highest BCUT2D eigenvalue weighted by atomic mass is 16.5. The molecule has 1 atom stereocenters. The van der Waals surface area contributed by atoms with E-state index in [0.717, 1.165) is 61.4 Å². The molecule has 0 aliphatic carbocycles. The van der Waals surface area contributed by atoms with Crippen LogP contribution in [0.4, 0.5) is 0 Å². The first-order valence-corrected chi connectivity index (χ1v) is 12.5. The highest BCUT2D eigenvalue weighted by Gasteiger charge is 2.29. The van der Waals surface area contributed by atoms with E-state index in [2.05, 4.69) is 90.4 Å². The summed E-state index contributed by atoms with van der Waals surface area (Å²) in [6, 6.07) is 7.17. The zero-order valence-electron chi connectivity index (χ0n) is 21.3. The second kappa shape index (κ2) is 8.82. The number of benzene rings is 1. The van der Waals surface area contributed by atoms with E-state index in [1.165, 1.54) is 5.56 Å². The first-order chi connectivity index (χ1) is 16.2. The number of ether oxygens (including phenoxy) is 1. The maximum atomic E-state index is 6.10. The quantitative estimate of drug-likeness (QED) is 0.576. The molecule has 8 nitrogen and oxygen atoms in total. The molecule has 0 N–H and O–H groups in total. The van der Waals surface area contributed by atoms with E-state index in [1.807, 2.05) is 4.68 Å². The molecule has 8 heteroatoms. The number of aromatic nitrogens is 5. The fraction of sp³-hybridized carbons (Fsp3) is 0.577. The van der Waals surface area contributed by atoms with Gasteiger partial charge in [-0.25, -0.2) is 14.6 Å². The molecule has 5 rings (SSSR count). The minimum Gasteiger partial charge on any atom is -0.491 e. The molecule has 2 aromatic heterocycles. The third-order valence-corrected chi connectivity index (χ3v) is 7.20. The van der Waals surface area contributed by atoms with Crippen molar-refractivity contribution in [2.45, 2.75) is 65.7 Å². The van der Waals surface area contributed by atoms with Gasteiger partial charge in [-0.3, -0.25) is 9.80 Å². The number of imidazole rings is 1. The molecule has 0 radical (unpaired) electrons. The van der Waals surface area contributed by atoms with Crippen molar-refractivity contribution in [2.75, 3.05) is 32.8 Å². The zero-order valence-corrected chi connectivity index (χ0v) is 21.3. The van der Waals surface area contributed by atoms with Crippen molar-refractivity contribution in [3.05, 3.63) is 36.3 Å². The summed E-state index contributed by atoms with van der Waals surface area (Å²) in [7, 11) is 0. The Bertz CT molecular complexity index is 1150. The topological polar surface area (TPSA) is 64.2 Å². The minimum absolute atomic E-state index is 0.223. The second-order valence-electron chi connectivity index (χ2n) is 10.7. The molecule has 1 aromatic carbocycles. The molecule has 0 saturated carbocycles. The third kappa shape index (κ3) is 4.25. The predicted molar refractivity (Wildman–Crippen MR) is 134 cm³/mol. The van der Waals surface area contributed by atoms with Crippen molar-refractivity contribution in [1.82, 2.24) is 34.1 Å². The average molecular weight is 464 g/mol. The van der Waals surface area contributed by atoms with Crippen LogP contribution in [0.1, 0.15) is 59.2 Å². The van der Waals surface area contributed by atoms with Crippen LogP contribution in [0.5, 0.6) is 5.75 Å². The van der Waals surface area contributed by atoms with Gasteiger partial charge in [-0.05, 0) is 59.2 Å². The molecule has 0 bridgehead atoms. The molecule has 1 unspecified atom stereocenters. The largest absolute Gasteiger partial charge is 0.491 e. The van der Waals surface area contributed by atoms with Gasteiger partial charge in [0.1, 0.15) is 30.2 Å². The lowest BCUT2D eigenvalue weighted by atomic mass is 10.0. The molecular formula is C26H37N7O. The highest BCUT2D eigenvalue weighted by molar-refractivity contribution is 5.69. The SMILES string of the molecule is CC(c1ccc2c(c1)-c1nc(-c3ncnn3C(C)C)cn1CCO2)N1CCN(C(C)(C)C)CC1. The van der Waals surface area contributed by atoms with Gasteiger partial charge >= 0.3 is 0 Å². The Balaban J connectivity index is 1.44. The van der Waals surface area contributed by atoms with Crippen LogP contribution < -0.4 is 4.74 Å². The van der Waals surface area contributed by atoms with Crippen molar-refractivity contribution in [3.8, 4) is 28.7 Å². The lowest BCUT2D eigenvalue weighted by Gasteiger charge is -2.44. The van der Waals surface area contributed by atoms with Crippen LogP contribution in [0.2, 0.25) is 0 Å². The molecule has 0 amide bonds. The van der Waals surface area contributed by atoms with Gasteiger partial charge in [-0.2, -0.15) is 5.10 Å². The van der Waals surface area contributed by atoms with Gasteiger partial charge in [0.2, 0.25) is 0 Å². The number of rotatable bonds is 4. The molecule has 4 heterocycles. The second-order valence-corrected chi connectivity index (χ2v) is 10.7. The van der Waals surface area contributed by atoms with Crippen LogP contribution in [0, 0.1) is 0 Å². The molecular weight excluding hydrogens is 426 g/mol. The molecule has 182 valence electrons. The van der Waals surface area contributed by atoms with Gasteiger partial charge in [0.05, 0.1) is 12.1 Å². The standard InChI is InChI=1S/C26H37N7O/c1-18(2)33-25(27-17-28-33)22-16-31-13-14-34-23-8-7-20(15-21(23)24(31)29-22)19(3)30-9-11-32(12-10-30)26(4,5)6/h7-8,15-19H,9-14H2,1-6H3. The van der Waals surface area contributed by atoms with E-state index >= 15 is 0 Å². The van der Waals surface area contributed by atoms with Crippen LogP contribution in [-0.2, 0) is 6.54 Å². The van der Waals surface area contributed by atoms with Gasteiger partial charge in [-0.15, -0.1) is 0 Å². The predicted octanol–water partition coefficient (Wildman–Crippen LogP) is 4.26. The highest BCUT2D eigenvalue weighted by Crippen LogP contribution is 2.37. The summed E-state index contributed by atoms with van der Waals surface area (Å²) in [5.74, 6) is 2.64. The van der Waals surface area contributed by atoms with Crippen molar-refractivity contribution >= 4 is 0 Å². The fourth-order valence-electron chi connectivity index (χ4n) is 5.07. The molecule has 0 spiro atoms. The van der Waals surface area contributed by atoms with Crippen molar-refractivity contribution in [3.63, 3.8) is 0 Å². The van der Waals surface area contributed by atoms with Crippen LogP contribution >= 0.6 is 0 Å². The third-order valence-electron chi connectivity index (χ3n) is 7.20. The van der Waals surface area contributed by atoms with Crippen LogP contribution in [0.15, 0.2) is 30.7 Å². The number of fused-ring (bicyclic) bond motifs is 3. The van der Waals surface area contributed by atoms with Crippen LogP contribution in [0.3, 0.4) is 0 Å². The van der Waals surface area contributed by atoms with Crippen LogP contribution in [0.25, 0.3) is 22.9 Å². The van der Waals surface area contributed by atoms with E-state index in [9.17, 15) is 0 Å². The van der Waals surface area contributed by atoms with E-state index in [-0.39, 0.29) is 11.6 Å². The number of hydrogen-bond acceptors (Lipinski definition) is 6. The maximum Gasteiger partial charge on any atom is 0.178 e. The minimum atomic E-state index is 0.223. The average Bonchev–Trinajstić information content (AvgIpc) is 3.42. The number of hydrogen-bond donors (Lipinski definition) is 0. The Morgan fingerprint density at radius 1 is 0.971 bits per heavy atom. The monoisotopic (exact) mass is 463 g/mol. The first kappa shape index (κ1) is 23.1. The zero-order chi connectivity index (χ0) is 24.0. The van der Waals surface area contributed by atoms with Crippen LogP contribution in [-0.4, -0.2) is 72.4 Å². The van der Waals surface area contributed by atoms with E-state index in [4.69, 9.17) is 9.72 Å². The summed E-state index contributed by atoms with van der Waals surface area (Å²) >= 11 is 0. The lowest BCUT2D eigenvalue weighted by molar-refractivity contribution is 0.0453. The Labute approximate surface area is 202 Å². The summed E-state index contributed by atoms with van der Waals surface area (Å²) in [6.45, 7) is 19.2. The smallest absolute Gasteiger partial charge is 0.178 e. The van der Waals surface area contributed by atoms with E-state index in [0.29, 0.717) is 12.6 Å². The molecule has 2 aliphatic rings. The Kier molecular flexibility index (Phi) is 5.98. The van der Waals surface area contributed by atoms with Gasteiger partial charge in [-0.1, -0.05) is 6.07 Å². The van der Waals surface area contributed by atoms with Gasteiger partial charge in [0.25, 0.3) is 0 Å². The van der Waals surface area contributed by atoms with Gasteiger partial charge in [0, 0.05) is 50.0 Å². The summed E-state index contributed by atoms with van der Waals surface area (Å²) < 4.78 is 10.2. The Morgan fingerprint density at radius 2 is 1.74 bits per heavy atom. The summed E-state index contributed by atoms with van der Waals surface area (Å²) in [5, 5.41) is 4.39. The Morgan fingerprint density at radius 3 is 2.44 bits per heavy atom. The molecule has 1 saturated heterocycles. The maximum absolute atomic E-state index is 6.10. The molecule has 34 heavy (non-hydrogen) atoms. The number of nitrogens with zero attached hydrogens (tertiary/aromatic N) is 7. The van der Waals surface area contributed by atoms with Crippen molar-refractivity contribution in [2.24, 2.45) is 0 Å². The van der Waals surface area contributed by atoms with Gasteiger partial charge < -0.3 is 9.30 Å². The fourth-order valence-corrected chi connectivity index (χ4v) is 5.07. The van der Waals surface area contributed by atoms with Gasteiger partial charge in [0.15, 0.2) is 5.82 Å². The summed E-state index contributed by atoms with van der Waals surface area (Å²) in [5.41, 5.74) is 3.43. The first-order valence-electron chi connectivity index (χ1n) is 12.5. The van der Waals surface area contributed by atoms with Crippen molar-refractivity contribution in [1.29, 1.82) is 0 Å². The molecule has 3 aromatic rings. The molecule has 1 fully saturated rings. The number of piperazine rings is 1. The summed E-state index contributed by atoms with van der Waals surface area (Å²) in [6.07, 6.45) is 3.69. The van der Waals surface area contributed by atoms with E-state index < -0.39 is 0 Å².